The van der Waals surface area contributed by atoms with Gasteiger partial charge in [0.05, 0.1) is 17.9 Å². The monoisotopic (exact) mass is 497 g/mol. The van der Waals surface area contributed by atoms with Gasteiger partial charge in [-0.3, -0.25) is 0 Å². The summed E-state index contributed by atoms with van der Waals surface area (Å²) in [5, 5.41) is 5.68. The minimum absolute atomic E-state index is 0.149. The quantitative estimate of drug-likeness (QED) is 0.212. The van der Waals surface area contributed by atoms with Crippen LogP contribution in [0.1, 0.15) is 56.6 Å². The van der Waals surface area contributed by atoms with Crippen molar-refractivity contribution in [1.82, 2.24) is 9.97 Å². The van der Waals surface area contributed by atoms with E-state index in [1.807, 2.05) is 18.4 Å². The Kier molecular flexibility index (Phi) is 8.97. The molecular weight excluding hydrogens is 471 g/mol. The van der Waals surface area contributed by atoms with Crippen molar-refractivity contribution in [3.05, 3.63) is 52.1 Å². The predicted molar refractivity (Wildman–Crippen MR) is 129 cm³/mol. The van der Waals surface area contributed by atoms with Crippen LogP contribution in [0, 0.1) is 6.92 Å². The zero-order valence-corrected chi connectivity index (χ0v) is 20.2. The molecule has 0 aliphatic rings. The molecule has 4 nitrogen and oxygen atoms in total. The van der Waals surface area contributed by atoms with Crippen LogP contribution in [0.3, 0.4) is 0 Å². The highest BCUT2D eigenvalue weighted by molar-refractivity contribution is 7.14. The highest BCUT2D eigenvalue weighted by Crippen LogP contribution is 2.39. The molecule has 1 N–H and O–H groups in total. The van der Waals surface area contributed by atoms with Crippen LogP contribution in [0.5, 0.6) is 5.75 Å². The van der Waals surface area contributed by atoms with Gasteiger partial charge in [-0.1, -0.05) is 50.6 Å². The number of nitrogens with zero attached hydrogens (tertiary/aromatic N) is 2. The average molecular weight is 498 g/mol. The van der Waals surface area contributed by atoms with E-state index in [-0.39, 0.29) is 12.4 Å². The van der Waals surface area contributed by atoms with Gasteiger partial charge in [-0.2, -0.15) is 13.2 Å². The number of benzene rings is 1. The molecule has 0 unspecified atom stereocenters. The molecule has 0 saturated carbocycles. The molecule has 0 aliphatic carbocycles. The van der Waals surface area contributed by atoms with E-state index < -0.39 is 11.7 Å². The van der Waals surface area contributed by atoms with Gasteiger partial charge >= 0.3 is 6.18 Å². The number of aryl methyl sites for hydroxylation is 1. The second-order valence-corrected chi connectivity index (χ2v) is 9.04. The van der Waals surface area contributed by atoms with Crippen LogP contribution in [0.15, 0.2) is 35.8 Å². The van der Waals surface area contributed by atoms with Crippen molar-refractivity contribution >= 4 is 33.8 Å². The van der Waals surface area contributed by atoms with Crippen LogP contribution < -0.4 is 10.1 Å². The topological polar surface area (TPSA) is 47.0 Å². The van der Waals surface area contributed by atoms with E-state index in [4.69, 9.17) is 16.3 Å². The van der Waals surface area contributed by atoms with Crippen LogP contribution >= 0.6 is 22.9 Å². The molecule has 1 aromatic carbocycles. The highest BCUT2D eigenvalue weighted by atomic mass is 35.5. The molecule has 9 heteroatoms. The van der Waals surface area contributed by atoms with E-state index in [1.165, 1.54) is 23.8 Å². The van der Waals surface area contributed by atoms with Crippen molar-refractivity contribution in [2.75, 3.05) is 11.9 Å². The number of alkyl halides is 3. The molecule has 3 aromatic rings. The van der Waals surface area contributed by atoms with Crippen LogP contribution in [-0.2, 0) is 6.18 Å². The molecule has 0 saturated heterocycles. The van der Waals surface area contributed by atoms with Crippen LogP contribution in [0.4, 0.5) is 24.0 Å². The number of hydrogen-bond acceptors (Lipinski definition) is 5. The van der Waals surface area contributed by atoms with E-state index in [9.17, 15) is 13.2 Å². The van der Waals surface area contributed by atoms with Crippen LogP contribution in [0.25, 0.3) is 11.3 Å². The van der Waals surface area contributed by atoms with Gasteiger partial charge in [-0.15, -0.1) is 11.3 Å². The van der Waals surface area contributed by atoms with Gasteiger partial charge in [0.1, 0.15) is 10.9 Å². The third-order valence-corrected chi connectivity index (χ3v) is 6.26. The summed E-state index contributed by atoms with van der Waals surface area (Å²) >= 11 is 7.26. The summed E-state index contributed by atoms with van der Waals surface area (Å²) in [6.07, 6.45) is 3.36. The molecule has 2 heterocycles. The maximum atomic E-state index is 13.6. The smallest absolute Gasteiger partial charge is 0.420 e. The van der Waals surface area contributed by atoms with Crippen molar-refractivity contribution in [2.45, 2.75) is 58.5 Å². The third kappa shape index (κ3) is 7.33. The second-order valence-electron chi connectivity index (χ2n) is 7.82. The lowest BCUT2D eigenvalue weighted by Gasteiger charge is -2.15. The molecular formula is C24H27ClF3N3OS. The van der Waals surface area contributed by atoms with Gasteiger partial charge in [0.25, 0.3) is 0 Å². The Hall–Kier alpha value is -2.32. The van der Waals surface area contributed by atoms with E-state index in [1.54, 1.807) is 12.3 Å². The largest absolute Gasteiger partial charge is 0.493 e. The van der Waals surface area contributed by atoms with E-state index in [0.717, 1.165) is 49.3 Å². The van der Waals surface area contributed by atoms with Gasteiger partial charge in [-0.25, -0.2) is 9.97 Å². The van der Waals surface area contributed by atoms with Gasteiger partial charge < -0.3 is 10.1 Å². The number of rotatable bonds is 11. The van der Waals surface area contributed by atoms with E-state index >= 15 is 0 Å². The number of anilines is 2. The number of unbranched alkanes of at least 4 members (excludes halogenated alkanes) is 5. The first-order valence-corrected chi connectivity index (χ1v) is 12.2. The summed E-state index contributed by atoms with van der Waals surface area (Å²) < 4.78 is 46.4. The summed E-state index contributed by atoms with van der Waals surface area (Å²) in [7, 11) is 0. The van der Waals surface area contributed by atoms with Gasteiger partial charge in [0.15, 0.2) is 5.13 Å². The molecule has 2 aromatic heterocycles. The zero-order valence-electron chi connectivity index (χ0n) is 18.6. The van der Waals surface area contributed by atoms with Gasteiger partial charge in [-0.05, 0) is 43.2 Å². The van der Waals surface area contributed by atoms with E-state index in [0.29, 0.717) is 21.7 Å². The molecule has 0 bridgehead atoms. The molecule has 0 aliphatic heterocycles. The molecule has 33 heavy (non-hydrogen) atoms. The first-order chi connectivity index (χ1) is 15.8. The summed E-state index contributed by atoms with van der Waals surface area (Å²) in [4.78, 5) is 8.58. The number of aromatic nitrogens is 2. The maximum absolute atomic E-state index is 13.6. The molecule has 0 radical (unpaired) electrons. The number of thiazole rings is 1. The molecule has 0 amide bonds. The average Bonchev–Trinajstić information content (AvgIpc) is 3.23. The summed E-state index contributed by atoms with van der Waals surface area (Å²) in [5.41, 5.74) is 1.77. The SMILES string of the molecule is CCCCCCCCOc1ccc(Nc2nc(-c3cnc(Cl)c(C)c3)cs2)cc1C(F)(F)F. The Morgan fingerprint density at radius 1 is 1.09 bits per heavy atom. The molecule has 3 rings (SSSR count). The van der Waals surface area contributed by atoms with Gasteiger partial charge in [0.2, 0.25) is 0 Å². The lowest BCUT2D eigenvalue weighted by atomic mass is 10.1. The molecule has 0 spiro atoms. The van der Waals surface area contributed by atoms with Crippen molar-refractivity contribution in [2.24, 2.45) is 0 Å². The number of ether oxygens (including phenoxy) is 1. The predicted octanol–water partition coefficient (Wildman–Crippen LogP) is 8.67. The Morgan fingerprint density at radius 3 is 2.58 bits per heavy atom. The summed E-state index contributed by atoms with van der Waals surface area (Å²) in [6.45, 7) is 4.26. The van der Waals surface area contributed by atoms with Crippen LogP contribution in [-0.4, -0.2) is 16.6 Å². The van der Waals surface area contributed by atoms with Crippen molar-refractivity contribution in [1.29, 1.82) is 0 Å². The molecule has 0 atom stereocenters. The van der Waals surface area contributed by atoms with Crippen molar-refractivity contribution in [3.8, 4) is 17.0 Å². The first kappa shape index (κ1) is 25.3. The first-order valence-electron chi connectivity index (χ1n) is 11.0. The van der Waals surface area contributed by atoms with Gasteiger partial charge in [0, 0.05) is 22.8 Å². The Morgan fingerprint density at radius 2 is 1.85 bits per heavy atom. The lowest BCUT2D eigenvalue weighted by molar-refractivity contribution is -0.138. The summed E-state index contributed by atoms with van der Waals surface area (Å²) in [5.74, 6) is -0.149. The van der Waals surface area contributed by atoms with E-state index in [2.05, 4.69) is 22.2 Å². The van der Waals surface area contributed by atoms with Crippen LogP contribution in [0.2, 0.25) is 5.15 Å². The number of hydrogen-bond donors (Lipinski definition) is 1. The third-order valence-electron chi connectivity index (χ3n) is 5.11. The molecule has 178 valence electrons. The normalized spacial score (nSPS) is 11.6. The minimum Gasteiger partial charge on any atom is -0.493 e. The Labute approximate surface area is 201 Å². The number of halogens is 4. The maximum Gasteiger partial charge on any atom is 0.420 e. The Bertz CT molecular complexity index is 1060. The van der Waals surface area contributed by atoms with Crippen molar-refractivity contribution in [3.63, 3.8) is 0 Å². The fourth-order valence-corrected chi connectivity index (χ4v) is 4.15. The van der Waals surface area contributed by atoms with Crippen molar-refractivity contribution < 1.29 is 17.9 Å². The second kappa shape index (κ2) is 11.7. The standard InChI is InChI=1S/C24H27ClF3N3OS/c1-3-4-5-6-7-8-11-32-21-10-9-18(13-19(21)24(26,27)28)30-23-31-20(15-33-23)17-12-16(2)22(25)29-14-17/h9-10,12-15H,3-8,11H2,1-2H3,(H,30,31). The zero-order chi connectivity index (χ0) is 23.8. The number of pyridine rings is 1. The fraction of sp³-hybridized carbons (Fsp3) is 0.417. The Balaban J connectivity index is 1.66. The highest BCUT2D eigenvalue weighted by Gasteiger charge is 2.34. The lowest BCUT2D eigenvalue weighted by Crippen LogP contribution is -2.10. The number of nitrogens with one attached hydrogen (secondary N) is 1. The fourth-order valence-electron chi connectivity index (χ4n) is 3.31. The minimum atomic E-state index is -4.52. The summed E-state index contributed by atoms with van der Waals surface area (Å²) in [6, 6.07) is 5.86. The molecule has 0 fully saturated rings.